The van der Waals surface area contributed by atoms with Gasteiger partial charge in [-0.05, 0) is 0 Å². The van der Waals surface area contributed by atoms with Crippen LogP contribution < -0.4 is 0 Å². The van der Waals surface area contributed by atoms with Gasteiger partial charge >= 0.3 is 6.15 Å². The summed E-state index contributed by atoms with van der Waals surface area (Å²) in [7, 11) is 0. The van der Waals surface area contributed by atoms with Crippen LogP contribution in [-0.2, 0) is 9.59 Å². The quantitative estimate of drug-likeness (QED) is 0.342. The number of hydrogen-bond acceptors (Lipinski definition) is 2. The minimum absolute atomic E-state index is 0. The molecule has 0 rings (SSSR count). The molecule has 4 heavy (non-hydrogen) atoms. The summed E-state index contributed by atoms with van der Waals surface area (Å²) in [5.74, 6) is 0. The summed E-state index contributed by atoms with van der Waals surface area (Å²) in [5, 5.41) is 0. The summed E-state index contributed by atoms with van der Waals surface area (Å²) >= 11 is 0. The van der Waals surface area contributed by atoms with Crippen LogP contribution in [0.15, 0.2) is 0 Å². The zero-order chi connectivity index (χ0) is 2.71. The van der Waals surface area contributed by atoms with Gasteiger partial charge in [0.25, 0.3) is 0 Å². The number of rotatable bonds is 0. The van der Waals surface area contributed by atoms with Crippen molar-refractivity contribution in [3.8, 4) is 0 Å². The molecule has 0 aliphatic carbocycles. The first kappa shape index (κ1) is 8.83. The van der Waals surface area contributed by atoms with E-state index >= 15 is 0 Å². The minimum atomic E-state index is 0. The monoisotopic (exact) mass is 67.0 g/mol. The number of carbonyl (C=O) groups excluding carboxylic acids is 2. The maximum absolute atomic E-state index is 8.12. The zero-order valence-electron chi connectivity index (χ0n) is 2.32. The van der Waals surface area contributed by atoms with Gasteiger partial charge in [-0.3, -0.25) is 0 Å². The second-order valence-electron chi connectivity index (χ2n) is 0.0833. The van der Waals surface area contributed by atoms with Crippen LogP contribution in [0.3, 0.4) is 0 Å². The summed E-state index contributed by atoms with van der Waals surface area (Å²) in [6.07, 6.45) is 0.250. The Hall–Kier alpha value is 0.380. The van der Waals surface area contributed by atoms with E-state index in [-0.39, 0.29) is 35.7 Å². The molecule has 0 heterocycles. The van der Waals surface area contributed by atoms with E-state index in [1.807, 2.05) is 0 Å². The third-order valence-corrected chi connectivity index (χ3v) is 0. The van der Waals surface area contributed by atoms with Crippen LogP contribution in [0.2, 0.25) is 0 Å². The molecule has 0 spiro atoms. The molecule has 0 amide bonds. The van der Waals surface area contributed by atoms with Crippen LogP contribution >= 0.6 is 0 Å². The van der Waals surface area contributed by atoms with Gasteiger partial charge in [-0.25, -0.2) is 0 Å². The molecule has 0 aromatic heterocycles. The second-order valence-corrected chi connectivity index (χ2v) is 0.0833. The van der Waals surface area contributed by atoms with Crippen LogP contribution in [0.5, 0.6) is 0 Å². The van der Waals surface area contributed by atoms with Crippen molar-refractivity contribution in [1.29, 1.82) is 0 Å². The van der Waals surface area contributed by atoms with Gasteiger partial charge in [0.1, 0.15) is 0 Å². The maximum atomic E-state index is 8.12. The Balaban J connectivity index is 0. The standard InChI is InChI=1S/CO2.Na/c2-1-3;. The Bertz CT molecular complexity index is 27.0. The van der Waals surface area contributed by atoms with Crippen molar-refractivity contribution in [2.45, 2.75) is 0 Å². The van der Waals surface area contributed by atoms with Crippen molar-refractivity contribution in [2.75, 3.05) is 0 Å². The normalized spacial score (nSPS) is 2.00. The molecule has 3 heteroatoms. The van der Waals surface area contributed by atoms with Gasteiger partial charge in [-0.2, -0.15) is 9.59 Å². The van der Waals surface area contributed by atoms with E-state index in [9.17, 15) is 0 Å². The van der Waals surface area contributed by atoms with Gasteiger partial charge in [0.2, 0.25) is 0 Å². The van der Waals surface area contributed by atoms with Gasteiger partial charge in [0, 0.05) is 29.6 Å². The number of hydrogen-bond donors (Lipinski definition) is 0. The van der Waals surface area contributed by atoms with E-state index in [0.717, 1.165) is 0 Å². The molecule has 0 atom stereocenters. The fourth-order valence-electron chi connectivity index (χ4n) is 0. The van der Waals surface area contributed by atoms with Gasteiger partial charge in [0.15, 0.2) is 0 Å². The van der Waals surface area contributed by atoms with E-state index in [4.69, 9.17) is 9.59 Å². The smallest absolute Gasteiger partial charge is 0.186 e. The molecule has 0 fully saturated rings. The average Bonchev–Trinajstić information content (AvgIpc) is 0.918. The Morgan fingerprint density at radius 3 is 1.25 bits per heavy atom. The van der Waals surface area contributed by atoms with E-state index in [0.29, 0.717) is 0 Å². The molecule has 0 aromatic rings. The minimum Gasteiger partial charge on any atom is -0.186 e. The third kappa shape index (κ3) is 31.4. The summed E-state index contributed by atoms with van der Waals surface area (Å²) < 4.78 is 0. The van der Waals surface area contributed by atoms with Crippen molar-refractivity contribution in [1.82, 2.24) is 0 Å². The molecule has 0 aliphatic heterocycles. The van der Waals surface area contributed by atoms with E-state index in [2.05, 4.69) is 0 Å². The van der Waals surface area contributed by atoms with Crippen molar-refractivity contribution in [2.24, 2.45) is 0 Å². The molecule has 2 nitrogen and oxygen atoms in total. The topological polar surface area (TPSA) is 34.1 Å². The molecule has 17 valence electrons. The van der Waals surface area contributed by atoms with E-state index in [1.54, 1.807) is 0 Å². The summed E-state index contributed by atoms with van der Waals surface area (Å²) in [4.78, 5) is 16.2. The molecule has 0 aliphatic rings. The zero-order valence-corrected chi connectivity index (χ0v) is 4.32. The molecule has 0 aromatic carbocycles. The predicted molar refractivity (Wildman–Crippen MR) is 10.8 cm³/mol. The third-order valence-electron chi connectivity index (χ3n) is 0. The summed E-state index contributed by atoms with van der Waals surface area (Å²) in [6, 6.07) is 0. The summed E-state index contributed by atoms with van der Waals surface area (Å²) in [6.45, 7) is 0. The van der Waals surface area contributed by atoms with Crippen molar-refractivity contribution >= 4 is 35.7 Å². The van der Waals surface area contributed by atoms with Crippen LogP contribution in [0.4, 0.5) is 0 Å². The Labute approximate surface area is 45.5 Å². The second kappa shape index (κ2) is 10.1. The molecular formula is CNaO2. The fraction of sp³-hybridized carbons (Fsp3) is 0. The van der Waals surface area contributed by atoms with Gasteiger partial charge in [0.05, 0.1) is 0 Å². The molecule has 0 saturated carbocycles. The summed E-state index contributed by atoms with van der Waals surface area (Å²) in [5.41, 5.74) is 0. The van der Waals surface area contributed by atoms with Crippen LogP contribution in [0, 0.1) is 0 Å². The Kier molecular flexibility index (Phi) is 22.2. The SMILES string of the molecule is O=C=O.[Na]. The first-order valence-electron chi connectivity index (χ1n) is 0.408. The van der Waals surface area contributed by atoms with Crippen molar-refractivity contribution < 1.29 is 9.59 Å². The van der Waals surface area contributed by atoms with Gasteiger partial charge in [-0.15, -0.1) is 0 Å². The van der Waals surface area contributed by atoms with Crippen LogP contribution in [-0.4, -0.2) is 35.7 Å². The molecule has 0 N–H and O–H groups in total. The van der Waals surface area contributed by atoms with Crippen LogP contribution in [0.1, 0.15) is 0 Å². The molecule has 0 saturated heterocycles. The Morgan fingerprint density at radius 1 is 1.25 bits per heavy atom. The van der Waals surface area contributed by atoms with E-state index in [1.165, 1.54) is 0 Å². The largest absolute Gasteiger partial charge is 0.373 e. The average molecular weight is 67.0 g/mol. The van der Waals surface area contributed by atoms with Gasteiger partial charge in [-0.1, -0.05) is 0 Å². The first-order chi connectivity index (χ1) is 1.41. The van der Waals surface area contributed by atoms with Crippen molar-refractivity contribution in [3.63, 3.8) is 0 Å². The fourth-order valence-corrected chi connectivity index (χ4v) is 0. The van der Waals surface area contributed by atoms with Crippen LogP contribution in [0.25, 0.3) is 0 Å². The molecule has 0 unspecified atom stereocenters. The first-order valence-corrected chi connectivity index (χ1v) is 0.408. The Morgan fingerprint density at radius 2 is 1.25 bits per heavy atom. The van der Waals surface area contributed by atoms with Gasteiger partial charge < -0.3 is 0 Å². The molecule has 1 radical (unpaired) electrons. The van der Waals surface area contributed by atoms with E-state index < -0.39 is 0 Å². The maximum Gasteiger partial charge on any atom is 0.373 e. The molecular weight excluding hydrogens is 67.0 g/mol. The predicted octanol–water partition coefficient (Wildman–Crippen LogP) is -0.964. The van der Waals surface area contributed by atoms with Crippen molar-refractivity contribution in [3.05, 3.63) is 0 Å². The molecule has 0 bridgehead atoms.